The number of rotatable bonds is 4. The lowest BCUT2D eigenvalue weighted by atomic mass is 10.0. The number of oxazole rings is 1. The molecule has 0 atom stereocenters. The van der Waals surface area contributed by atoms with Crippen molar-refractivity contribution in [3.63, 3.8) is 0 Å². The lowest BCUT2D eigenvalue weighted by molar-refractivity contribution is 0.620. The summed E-state index contributed by atoms with van der Waals surface area (Å²) >= 11 is 3.57. The molecular weight excluding hydrogens is 665 g/mol. The van der Waals surface area contributed by atoms with Gasteiger partial charge in [0, 0.05) is 62.6 Å². The molecule has 0 bridgehead atoms. The zero-order chi connectivity index (χ0) is 33.5. The number of thiophene rings is 2. The van der Waals surface area contributed by atoms with Gasteiger partial charge in [-0.05, 0) is 59.3 Å². The minimum absolute atomic E-state index is 0.623. The van der Waals surface area contributed by atoms with E-state index in [1.165, 1.54) is 35.0 Å². The van der Waals surface area contributed by atoms with Crippen LogP contribution in [0.3, 0.4) is 0 Å². The van der Waals surface area contributed by atoms with Crippen molar-refractivity contribution < 1.29 is 4.42 Å². The summed E-state index contributed by atoms with van der Waals surface area (Å²) in [6.07, 6.45) is 0. The average molecular weight is 689 g/mol. The summed E-state index contributed by atoms with van der Waals surface area (Å²) in [6, 6.07) is 50.4. The lowest BCUT2D eigenvalue weighted by Gasteiger charge is -2.10. The number of benzene rings is 7. The van der Waals surface area contributed by atoms with Crippen LogP contribution in [0.15, 0.2) is 150 Å². The van der Waals surface area contributed by atoms with E-state index in [9.17, 15) is 0 Å². The minimum atomic E-state index is 0.623. The van der Waals surface area contributed by atoms with Crippen molar-refractivity contribution >= 4 is 84.9 Å². The van der Waals surface area contributed by atoms with Crippen LogP contribution in [-0.4, -0.2) is 19.9 Å². The average Bonchev–Trinajstić information content (AvgIpc) is 3.91. The first-order chi connectivity index (χ1) is 25.2. The van der Waals surface area contributed by atoms with Gasteiger partial charge in [-0.15, -0.1) is 22.7 Å². The molecule has 51 heavy (non-hydrogen) atoms. The Hall–Kier alpha value is -6.28. The predicted molar refractivity (Wildman–Crippen MR) is 212 cm³/mol. The maximum absolute atomic E-state index is 6.31. The third-order valence-corrected chi connectivity index (χ3v) is 11.8. The summed E-state index contributed by atoms with van der Waals surface area (Å²) in [5.41, 5.74) is 5.44. The molecule has 0 saturated heterocycles. The van der Waals surface area contributed by atoms with Gasteiger partial charge in [0.05, 0.1) is 0 Å². The second-order valence-electron chi connectivity index (χ2n) is 12.6. The van der Waals surface area contributed by atoms with E-state index < -0.39 is 0 Å². The molecule has 5 nitrogen and oxygen atoms in total. The topological polar surface area (TPSA) is 64.7 Å². The molecule has 0 N–H and O–H groups in total. The highest BCUT2D eigenvalue weighted by molar-refractivity contribution is 7.26. The van der Waals surface area contributed by atoms with Crippen molar-refractivity contribution in [2.75, 3.05) is 0 Å². The van der Waals surface area contributed by atoms with E-state index in [4.69, 9.17) is 24.4 Å². The molecule has 0 saturated carbocycles. The second-order valence-corrected chi connectivity index (χ2v) is 14.8. The highest BCUT2D eigenvalue weighted by atomic mass is 32.1. The first-order valence-electron chi connectivity index (χ1n) is 16.7. The van der Waals surface area contributed by atoms with Gasteiger partial charge in [-0.25, -0.2) is 19.9 Å². The van der Waals surface area contributed by atoms with Crippen molar-refractivity contribution in [3.8, 4) is 45.6 Å². The molecule has 11 aromatic rings. The summed E-state index contributed by atoms with van der Waals surface area (Å²) in [5, 5.41) is 7.06. The molecule has 11 rings (SSSR count). The van der Waals surface area contributed by atoms with Gasteiger partial charge >= 0.3 is 0 Å². The van der Waals surface area contributed by atoms with Crippen LogP contribution in [0.25, 0.3) is 108 Å². The van der Waals surface area contributed by atoms with Crippen molar-refractivity contribution in [2.45, 2.75) is 0 Å². The third kappa shape index (κ3) is 4.59. The van der Waals surface area contributed by atoms with Crippen LogP contribution in [0.4, 0.5) is 0 Å². The first kappa shape index (κ1) is 28.5. The van der Waals surface area contributed by atoms with Crippen LogP contribution in [0.5, 0.6) is 0 Å². The summed E-state index contributed by atoms with van der Waals surface area (Å²) < 4.78 is 11.2. The SMILES string of the molecule is c1ccc(-c2nc(-c3ccc4c(c3)sc3ccccc34)nc(-c3ccc4ccc5sc6ccc7oc(-c8ccccc8)nc7c6c5c4c3)n2)cc1. The summed E-state index contributed by atoms with van der Waals surface area (Å²) in [5.74, 6) is 2.55. The standard InChI is InChI=1S/C44H24N4OS2/c1-3-9-26(10-4-1)41-46-42(48-43(47-41)29-17-19-31-30-13-7-8-14-34(30)50-37(31)24-29)28-16-15-25-18-21-35-38(32(25)23-28)39-36(51-35)22-20-33-40(39)45-44(49-33)27-11-5-2-6-12-27/h1-24H. The second kappa shape index (κ2) is 11.1. The molecule has 0 unspecified atom stereocenters. The fourth-order valence-electron chi connectivity index (χ4n) is 7.12. The van der Waals surface area contributed by atoms with E-state index in [-0.39, 0.29) is 0 Å². The van der Waals surface area contributed by atoms with Crippen LogP contribution in [0, 0.1) is 0 Å². The Bertz CT molecular complexity index is 3150. The zero-order valence-electron chi connectivity index (χ0n) is 26.9. The smallest absolute Gasteiger partial charge is 0.227 e. The molecule has 4 heterocycles. The van der Waals surface area contributed by atoms with E-state index >= 15 is 0 Å². The van der Waals surface area contributed by atoms with Gasteiger partial charge in [0.2, 0.25) is 5.89 Å². The lowest BCUT2D eigenvalue weighted by Crippen LogP contribution is -2.00. The molecule has 0 aliphatic heterocycles. The number of hydrogen-bond acceptors (Lipinski definition) is 7. The van der Waals surface area contributed by atoms with Gasteiger partial charge in [0.1, 0.15) is 5.52 Å². The van der Waals surface area contributed by atoms with Crippen LogP contribution in [0.2, 0.25) is 0 Å². The Labute approximate surface area is 299 Å². The van der Waals surface area contributed by atoms with E-state index in [2.05, 4.69) is 78.9 Å². The monoisotopic (exact) mass is 688 g/mol. The van der Waals surface area contributed by atoms with E-state index in [0.29, 0.717) is 23.4 Å². The molecule has 0 aliphatic carbocycles. The Kier molecular flexibility index (Phi) is 6.22. The van der Waals surface area contributed by atoms with Crippen molar-refractivity contribution in [3.05, 3.63) is 146 Å². The van der Waals surface area contributed by atoms with Gasteiger partial charge in [0.25, 0.3) is 0 Å². The van der Waals surface area contributed by atoms with Crippen LogP contribution in [-0.2, 0) is 0 Å². The number of hydrogen-bond donors (Lipinski definition) is 0. The van der Waals surface area contributed by atoms with E-state index in [1.807, 2.05) is 66.7 Å². The molecule has 238 valence electrons. The van der Waals surface area contributed by atoms with Gasteiger partial charge in [-0.2, -0.15) is 0 Å². The maximum atomic E-state index is 6.31. The molecule has 4 aromatic heterocycles. The largest absolute Gasteiger partial charge is 0.436 e. The Morgan fingerprint density at radius 1 is 0.392 bits per heavy atom. The summed E-state index contributed by atoms with van der Waals surface area (Å²) in [6.45, 7) is 0. The molecule has 0 radical (unpaired) electrons. The summed E-state index contributed by atoms with van der Waals surface area (Å²) in [7, 11) is 0. The molecule has 0 amide bonds. The van der Waals surface area contributed by atoms with Gasteiger partial charge in [0.15, 0.2) is 23.1 Å². The molecule has 7 aromatic carbocycles. The number of aromatic nitrogens is 4. The third-order valence-electron chi connectivity index (χ3n) is 9.56. The number of fused-ring (bicyclic) bond motifs is 10. The molecule has 0 spiro atoms. The quantitative estimate of drug-likeness (QED) is 0.184. The highest BCUT2D eigenvalue weighted by Gasteiger charge is 2.19. The fraction of sp³-hybridized carbons (Fsp3) is 0. The first-order valence-corrected chi connectivity index (χ1v) is 18.3. The van der Waals surface area contributed by atoms with Gasteiger partial charge in [-0.3, -0.25) is 0 Å². The normalized spacial score (nSPS) is 11.9. The van der Waals surface area contributed by atoms with Gasteiger partial charge < -0.3 is 4.42 Å². The van der Waals surface area contributed by atoms with Crippen molar-refractivity contribution in [1.29, 1.82) is 0 Å². The van der Waals surface area contributed by atoms with E-state index in [0.717, 1.165) is 49.5 Å². The highest BCUT2D eigenvalue weighted by Crippen LogP contribution is 2.43. The molecule has 7 heteroatoms. The Morgan fingerprint density at radius 3 is 1.82 bits per heavy atom. The predicted octanol–water partition coefficient (Wildman–Crippen LogP) is 12.6. The molecule has 0 aliphatic rings. The van der Waals surface area contributed by atoms with Crippen molar-refractivity contribution in [2.24, 2.45) is 0 Å². The molecule has 0 fully saturated rings. The maximum Gasteiger partial charge on any atom is 0.227 e. The Morgan fingerprint density at radius 2 is 1.00 bits per heavy atom. The van der Waals surface area contributed by atoms with Gasteiger partial charge in [-0.1, -0.05) is 97.1 Å². The van der Waals surface area contributed by atoms with Crippen molar-refractivity contribution in [1.82, 2.24) is 19.9 Å². The fourth-order valence-corrected chi connectivity index (χ4v) is 9.39. The van der Waals surface area contributed by atoms with Crippen LogP contribution >= 0.6 is 22.7 Å². The Balaban J connectivity index is 1.13. The molecular formula is C44H24N4OS2. The van der Waals surface area contributed by atoms with Crippen LogP contribution < -0.4 is 0 Å². The van der Waals surface area contributed by atoms with E-state index in [1.54, 1.807) is 22.7 Å². The summed E-state index contributed by atoms with van der Waals surface area (Å²) in [4.78, 5) is 20.3. The van der Waals surface area contributed by atoms with Crippen LogP contribution in [0.1, 0.15) is 0 Å². The zero-order valence-corrected chi connectivity index (χ0v) is 28.5. The number of nitrogens with zero attached hydrogens (tertiary/aromatic N) is 4. The minimum Gasteiger partial charge on any atom is -0.436 e.